The molecule has 0 N–H and O–H groups in total. The van der Waals surface area contributed by atoms with E-state index in [1.54, 1.807) is 0 Å². The van der Waals surface area contributed by atoms with Crippen LogP contribution in [-0.2, 0) is 0 Å². The van der Waals surface area contributed by atoms with Crippen LogP contribution in [0, 0.1) is 0 Å². The van der Waals surface area contributed by atoms with Crippen LogP contribution in [0.5, 0.6) is 0 Å². The standard InChI is InChI=1S/C54H35NS/c1-3-11-42-33-44(23-21-36(42)9-1)40-19-17-38(18-20-40)39-25-29-46(30-26-39)55(47-31-27-41(28-32-47)45-24-22-37-10-2-4-12-43(37)34-45)53-35-52-50-15-6-5-13-48(50)49-14-7-8-16-51(49)54(52)56-53/h1-35H. The van der Waals surface area contributed by atoms with Crippen LogP contribution in [0.4, 0.5) is 16.4 Å². The number of hydrogen-bond donors (Lipinski definition) is 0. The number of anilines is 3. The topological polar surface area (TPSA) is 3.24 Å². The molecule has 0 unspecified atom stereocenters. The van der Waals surface area contributed by atoms with Gasteiger partial charge in [-0.1, -0.05) is 170 Å². The molecule has 11 rings (SSSR count). The van der Waals surface area contributed by atoms with Gasteiger partial charge in [-0.05, 0) is 114 Å². The van der Waals surface area contributed by atoms with Gasteiger partial charge in [0, 0.05) is 26.8 Å². The first-order valence-electron chi connectivity index (χ1n) is 19.2. The van der Waals surface area contributed by atoms with Gasteiger partial charge in [-0.25, -0.2) is 0 Å². The smallest absolute Gasteiger partial charge is 0.101 e. The summed E-state index contributed by atoms with van der Waals surface area (Å²) in [5.74, 6) is 0. The van der Waals surface area contributed by atoms with Crippen LogP contribution in [0.1, 0.15) is 0 Å². The summed E-state index contributed by atoms with van der Waals surface area (Å²) in [7, 11) is 0. The molecule has 0 spiro atoms. The summed E-state index contributed by atoms with van der Waals surface area (Å²) < 4.78 is 1.32. The van der Waals surface area contributed by atoms with Gasteiger partial charge in [0.15, 0.2) is 0 Å². The predicted molar refractivity (Wildman–Crippen MR) is 243 cm³/mol. The summed E-state index contributed by atoms with van der Waals surface area (Å²) in [5.41, 5.74) is 9.53. The minimum absolute atomic E-state index is 1.13. The Kier molecular flexibility index (Phi) is 7.75. The van der Waals surface area contributed by atoms with E-state index in [-0.39, 0.29) is 0 Å². The van der Waals surface area contributed by atoms with Crippen molar-refractivity contribution in [2.75, 3.05) is 4.90 Å². The highest BCUT2D eigenvalue weighted by Gasteiger charge is 2.19. The number of fused-ring (bicyclic) bond motifs is 8. The molecular formula is C54H35NS. The van der Waals surface area contributed by atoms with Gasteiger partial charge in [0.2, 0.25) is 0 Å². The molecular weight excluding hydrogens is 695 g/mol. The Morgan fingerprint density at radius 1 is 0.268 bits per heavy atom. The third-order valence-electron chi connectivity index (χ3n) is 11.3. The van der Waals surface area contributed by atoms with Crippen LogP contribution < -0.4 is 4.90 Å². The number of benzene rings is 10. The second-order valence-electron chi connectivity index (χ2n) is 14.5. The van der Waals surface area contributed by atoms with Crippen molar-refractivity contribution in [2.24, 2.45) is 0 Å². The monoisotopic (exact) mass is 729 g/mol. The molecule has 0 aliphatic rings. The van der Waals surface area contributed by atoms with Gasteiger partial charge >= 0.3 is 0 Å². The van der Waals surface area contributed by atoms with E-state index in [4.69, 9.17) is 0 Å². The highest BCUT2D eigenvalue weighted by Crippen LogP contribution is 2.47. The molecule has 56 heavy (non-hydrogen) atoms. The van der Waals surface area contributed by atoms with Crippen LogP contribution in [0.2, 0.25) is 0 Å². The largest absolute Gasteiger partial charge is 0.302 e. The fraction of sp³-hybridized carbons (Fsp3) is 0. The Morgan fingerprint density at radius 2 is 0.625 bits per heavy atom. The van der Waals surface area contributed by atoms with Crippen LogP contribution in [0.3, 0.4) is 0 Å². The fourth-order valence-electron chi connectivity index (χ4n) is 8.36. The van der Waals surface area contributed by atoms with Gasteiger partial charge in [0.05, 0.1) is 0 Å². The van der Waals surface area contributed by atoms with Crippen molar-refractivity contribution in [3.8, 4) is 33.4 Å². The van der Waals surface area contributed by atoms with E-state index in [1.165, 1.54) is 91.6 Å². The number of hydrogen-bond acceptors (Lipinski definition) is 2. The molecule has 1 heterocycles. The maximum Gasteiger partial charge on any atom is 0.101 e. The average Bonchev–Trinajstić information content (AvgIpc) is 3.72. The van der Waals surface area contributed by atoms with Gasteiger partial charge in [0.25, 0.3) is 0 Å². The third-order valence-corrected chi connectivity index (χ3v) is 12.4. The van der Waals surface area contributed by atoms with Gasteiger partial charge in [-0.2, -0.15) is 0 Å². The number of nitrogens with zero attached hydrogens (tertiary/aromatic N) is 1. The van der Waals surface area contributed by atoms with Crippen molar-refractivity contribution in [3.63, 3.8) is 0 Å². The zero-order valence-corrected chi connectivity index (χ0v) is 31.4. The molecule has 262 valence electrons. The van der Waals surface area contributed by atoms with E-state index < -0.39 is 0 Å². The van der Waals surface area contributed by atoms with Crippen molar-refractivity contribution in [1.29, 1.82) is 0 Å². The minimum atomic E-state index is 1.13. The van der Waals surface area contributed by atoms with Crippen molar-refractivity contribution >= 4 is 80.9 Å². The van der Waals surface area contributed by atoms with Gasteiger partial charge < -0.3 is 4.90 Å². The molecule has 0 aliphatic carbocycles. The number of rotatable bonds is 6. The second kappa shape index (κ2) is 13.4. The normalized spacial score (nSPS) is 11.6. The fourth-order valence-corrected chi connectivity index (χ4v) is 9.61. The Hall–Kier alpha value is -7.00. The quantitative estimate of drug-likeness (QED) is 0.154. The van der Waals surface area contributed by atoms with E-state index >= 15 is 0 Å². The summed E-state index contributed by atoms with van der Waals surface area (Å²) in [6, 6.07) is 77.7. The summed E-state index contributed by atoms with van der Waals surface area (Å²) in [4.78, 5) is 2.42. The van der Waals surface area contributed by atoms with Gasteiger partial charge in [-0.3, -0.25) is 0 Å². The first-order chi connectivity index (χ1) is 27.7. The molecule has 0 atom stereocenters. The summed E-state index contributed by atoms with van der Waals surface area (Å²) in [6.45, 7) is 0. The molecule has 0 aliphatic heterocycles. The minimum Gasteiger partial charge on any atom is -0.302 e. The Morgan fingerprint density at radius 3 is 1.12 bits per heavy atom. The summed E-state index contributed by atoms with van der Waals surface area (Å²) >= 11 is 1.87. The maximum absolute atomic E-state index is 2.42. The number of thiophene rings is 1. The highest BCUT2D eigenvalue weighted by atomic mass is 32.1. The first-order valence-corrected chi connectivity index (χ1v) is 20.0. The van der Waals surface area contributed by atoms with E-state index in [0.717, 1.165) is 11.4 Å². The molecule has 0 bridgehead atoms. The summed E-state index contributed by atoms with van der Waals surface area (Å²) in [5, 5.41) is 12.7. The average molecular weight is 730 g/mol. The molecule has 2 heteroatoms. The summed E-state index contributed by atoms with van der Waals surface area (Å²) in [6.07, 6.45) is 0. The van der Waals surface area contributed by atoms with Crippen LogP contribution in [0.15, 0.2) is 212 Å². The van der Waals surface area contributed by atoms with Crippen molar-refractivity contribution in [3.05, 3.63) is 212 Å². The lowest BCUT2D eigenvalue weighted by Crippen LogP contribution is -2.08. The van der Waals surface area contributed by atoms with Crippen LogP contribution in [-0.4, -0.2) is 0 Å². The molecule has 0 amide bonds. The molecule has 0 saturated heterocycles. The zero-order valence-electron chi connectivity index (χ0n) is 30.6. The molecule has 0 radical (unpaired) electrons. The molecule has 1 aromatic heterocycles. The van der Waals surface area contributed by atoms with E-state index in [9.17, 15) is 0 Å². The van der Waals surface area contributed by atoms with Crippen LogP contribution >= 0.6 is 11.3 Å². The lowest BCUT2D eigenvalue weighted by Gasteiger charge is -2.24. The lowest BCUT2D eigenvalue weighted by molar-refractivity contribution is 1.32. The van der Waals surface area contributed by atoms with Gasteiger partial charge in [0.1, 0.15) is 5.00 Å². The van der Waals surface area contributed by atoms with Gasteiger partial charge in [-0.15, -0.1) is 11.3 Å². The maximum atomic E-state index is 2.42. The van der Waals surface area contributed by atoms with Crippen molar-refractivity contribution in [2.45, 2.75) is 0 Å². The predicted octanol–water partition coefficient (Wildman–Crippen LogP) is 16.0. The SMILES string of the molecule is c1ccc2cc(-c3ccc(-c4ccc(N(c5ccc(-c6ccc7ccccc7c6)cc5)c5cc6c7ccccc7c7ccccc7c6s5)cc4)cc3)ccc2c1. The third kappa shape index (κ3) is 5.62. The van der Waals surface area contributed by atoms with Crippen LogP contribution in [0.25, 0.3) is 86.6 Å². The van der Waals surface area contributed by atoms with E-state index in [2.05, 4.69) is 217 Å². The molecule has 0 fully saturated rings. The lowest BCUT2D eigenvalue weighted by atomic mass is 9.98. The Labute approximate surface area is 330 Å². The first kappa shape index (κ1) is 32.4. The van der Waals surface area contributed by atoms with E-state index in [0.29, 0.717) is 0 Å². The molecule has 11 aromatic rings. The Bertz CT molecular complexity index is 3160. The molecule has 1 nitrogen and oxygen atoms in total. The second-order valence-corrected chi connectivity index (χ2v) is 15.6. The Balaban J connectivity index is 0.996. The molecule has 10 aromatic carbocycles. The van der Waals surface area contributed by atoms with Crippen molar-refractivity contribution < 1.29 is 0 Å². The van der Waals surface area contributed by atoms with Crippen molar-refractivity contribution in [1.82, 2.24) is 0 Å². The van der Waals surface area contributed by atoms with E-state index in [1.807, 2.05) is 11.3 Å². The molecule has 0 saturated carbocycles. The zero-order chi connectivity index (χ0) is 37.0. The highest BCUT2D eigenvalue weighted by molar-refractivity contribution is 7.24.